The molecule has 0 fully saturated rings. The van der Waals surface area contributed by atoms with Crippen LogP contribution in [0.2, 0.25) is 0 Å². The van der Waals surface area contributed by atoms with Crippen molar-refractivity contribution in [2.75, 3.05) is 19.8 Å². The van der Waals surface area contributed by atoms with E-state index < -0.39 is 12.1 Å². The number of hydrogen-bond acceptors (Lipinski definition) is 5. The SMILES string of the molecule is CCOC(=O)C(O)c1c2c(c(Br)c3c1OCC3)OCC2. The highest BCUT2D eigenvalue weighted by Gasteiger charge is 2.36. The number of aliphatic hydroxyl groups excluding tert-OH is 1. The normalized spacial score (nSPS) is 16.9. The third kappa shape index (κ3) is 1.98. The van der Waals surface area contributed by atoms with E-state index in [2.05, 4.69) is 15.9 Å². The van der Waals surface area contributed by atoms with Crippen LogP contribution in [0, 0.1) is 0 Å². The van der Waals surface area contributed by atoms with Crippen LogP contribution in [0.3, 0.4) is 0 Å². The van der Waals surface area contributed by atoms with Gasteiger partial charge in [0.25, 0.3) is 0 Å². The van der Waals surface area contributed by atoms with Crippen molar-refractivity contribution in [2.24, 2.45) is 0 Å². The third-order valence-corrected chi connectivity index (χ3v) is 4.40. The highest BCUT2D eigenvalue weighted by atomic mass is 79.9. The van der Waals surface area contributed by atoms with Crippen LogP contribution in [0.15, 0.2) is 4.47 Å². The minimum Gasteiger partial charge on any atom is -0.492 e. The highest BCUT2D eigenvalue weighted by molar-refractivity contribution is 9.10. The molecule has 0 spiro atoms. The summed E-state index contributed by atoms with van der Waals surface area (Å²) < 4.78 is 17.0. The van der Waals surface area contributed by atoms with Gasteiger partial charge in [-0.05, 0) is 22.9 Å². The van der Waals surface area contributed by atoms with Crippen molar-refractivity contribution in [1.82, 2.24) is 0 Å². The highest BCUT2D eigenvalue weighted by Crippen LogP contribution is 2.49. The Labute approximate surface area is 125 Å². The molecule has 0 aromatic heterocycles. The summed E-state index contributed by atoms with van der Waals surface area (Å²) in [5, 5.41) is 10.3. The summed E-state index contributed by atoms with van der Waals surface area (Å²) in [4.78, 5) is 11.8. The monoisotopic (exact) mass is 342 g/mol. The fourth-order valence-corrected chi connectivity index (χ4v) is 3.45. The summed E-state index contributed by atoms with van der Waals surface area (Å²) in [5.74, 6) is 0.663. The summed E-state index contributed by atoms with van der Waals surface area (Å²) in [6.45, 7) is 3.02. The van der Waals surface area contributed by atoms with Crippen LogP contribution < -0.4 is 9.47 Å². The zero-order chi connectivity index (χ0) is 14.3. The number of fused-ring (bicyclic) bond motifs is 2. The molecule has 1 aromatic rings. The molecule has 0 aliphatic carbocycles. The van der Waals surface area contributed by atoms with Crippen LogP contribution in [-0.4, -0.2) is 30.9 Å². The lowest BCUT2D eigenvalue weighted by atomic mass is 9.95. The average Bonchev–Trinajstić information content (AvgIpc) is 3.07. The molecular weight excluding hydrogens is 328 g/mol. The Morgan fingerprint density at radius 3 is 2.65 bits per heavy atom. The summed E-state index contributed by atoms with van der Waals surface area (Å²) >= 11 is 3.53. The minimum absolute atomic E-state index is 0.230. The number of hydrogen-bond donors (Lipinski definition) is 1. The molecule has 1 aromatic carbocycles. The van der Waals surface area contributed by atoms with E-state index >= 15 is 0 Å². The Morgan fingerprint density at radius 1 is 1.30 bits per heavy atom. The van der Waals surface area contributed by atoms with Gasteiger partial charge < -0.3 is 19.3 Å². The summed E-state index contributed by atoms with van der Waals surface area (Å²) in [7, 11) is 0. The first kappa shape index (κ1) is 13.7. The van der Waals surface area contributed by atoms with Gasteiger partial charge in [-0.3, -0.25) is 0 Å². The van der Waals surface area contributed by atoms with E-state index in [4.69, 9.17) is 14.2 Å². The smallest absolute Gasteiger partial charge is 0.339 e. The Balaban J connectivity index is 2.13. The Hall–Kier alpha value is -1.27. The van der Waals surface area contributed by atoms with Gasteiger partial charge >= 0.3 is 5.97 Å². The molecule has 0 radical (unpaired) electrons. The van der Waals surface area contributed by atoms with E-state index in [9.17, 15) is 9.90 Å². The number of benzene rings is 1. The van der Waals surface area contributed by atoms with Crippen molar-refractivity contribution in [3.8, 4) is 11.5 Å². The van der Waals surface area contributed by atoms with Gasteiger partial charge in [-0.2, -0.15) is 0 Å². The molecule has 5 nitrogen and oxygen atoms in total. The van der Waals surface area contributed by atoms with Gasteiger partial charge in [0.05, 0.1) is 24.3 Å². The van der Waals surface area contributed by atoms with Crippen molar-refractivity contribution in [2.45, 2.75) is 25.9 Å². The lowest BCUT2D eigenvalue weighted by molar-refractivity contribution is -0.153. The fraction of sp³-hybridized carbons (Fsp3) is 0.500. The molecule has 1 unspecified atom stereocenters. The Kier molecular flexibility index (Phi) is 3.60. The maximum atomic E-state index is 11.8. The van der Waals surface area contributed by atoms with Crippen LogP contribution in [-0.2, 0) is 22.4 Å². The molecule has 0 amide bonds. The zero-order valence-electron chi connectivity index (χ0n) is 11.1. The summed E-state index contributed by atoms with van der Waals surface area (Å²) in [6, 6.07) is 0. The topological polar surface area (TPSA) is 65.0 Å². The minimum atomic E-state index is -1.33. The summed E-state index contributed by atoms with van der Waals surface area (Å²) in [6.07, 6.45) is 0.0521. The van der Waals surface area contributed by atoms with Gasteiger partial charge in [0.2, 0.25) is 0 Å². The molecule has 1 atom stereocenters. The maximum Gasteiger partial charge on any atom is 0.339 e. The van der Waals surface area contributed by atoms with Gasteiger partial charge in [-0.15, -0.1) is 0 Å². The molecule has 0 bridgehead atoms. The van der Waals surface area contributed by atoms with Crippen molar-refractivity contribution < 1.29 is 24.1 Å². The Bertz CT molecular complexity index is 534. The third-order valence-electron chi connectivity index (χ3n) is 3.56. The molecule has 1 N–H and O–H groups in total. The molecule has 6 heteroatoms. The number of aliphatic hydroxyl groups is 1. The Morgan fingerprint density at radius 2 is 1.95 bits per heavy atom. The number of halogens is 1. The fourth-order valence-electron chi connectivity index (χ4n) is 2.72. The van der Waals surface area contributed by atoms with E-state index in [1.807, 2.05) is 0 Å². The first-order chi connectivity index (χ1) is 9.65. The molecule has 0 saturated heterocycles. The number of ether oxygens (including phenoxy) is 3. The van der Waals surface area contributed by atoms with Crippen LogP contribution in [0.5, 0.6) is 11.5 Å². The first-order valence-electron chi connectivity index (χ1n) is 6.62. The second-order valence-electron chi connectivity index (χ2n) is 4.69. The molecule has 20 heavy (non-hydrogen) atoms. The first-order valence-corrected chi connectivity index (χ1v) is 7.41. The van der Waals surface area contributed by atoms with E-state index in [0.717, 1.165) is 22.0 Å². The second-order valence-corrected chi connectivity index (χ2v) is 5.49. The number of esters is 1. The van der Waals surface area contributed by atoms with Crippen LogP contribution in [0.25, 0.3) is 0 Å². The molecule has 3 rings (SSSR count). The molecular formula is C14H15BrO5. The van der Waals surface area contributed by atoms with Crippen molar-refractivity contribution >= 4 is 21.9 Å². The average molecular weight is 343 g/mol. The molecule has 0 saturated carbocycles. The largest absolute Gasteiger partial charge is 0.492 e. The van der Waals surface area contributed by atoms with Crippen molar-refractivity contribution in [3.63, 3.8) is 0 Å². The number of rotatable bonds is 3. The zero-order valence-corrected chi connectivity index (χ0v) is 12.7. The van der Waals surface area contributed by atoms with Gasteiger partial charge in [-0.1, -0.05) is 0 Å². The molecule has 108 valence electrons. The van der Waals surface area contributed by atoms with Crippen LogP contribution >= 0.6 is 15.9 Å². The number of carbonyl (C=O) groups excluding carboxylic acids is 1. The van der Waals surface area contributed by atoms with Gasteiger partial charge in [-0.25, -0.2) is 4.79 Å². The van der Waals surface area contributed by atoms with Gasteiger partial charge in [0, 0.05) is 29.5 Å². The molecule has 2 aliphatic heterocycles. The quantitative estimate of drug-likeness (QED) is 0.850. The van der Waals surface area contributed by atoms with Crippen LogP contribution in [0.1, 0.15) is 29.7 Å². The lowest BCUT2D eigenvalue weighted by Gasteiger charge is -2.18. The van der Waals surface area contributed by atoms with Crippen molar-refractivity contribution in [3.05, 3.63) is 21.2 Å². The number of carbonyl (C=O) groups is 1. The van der Waals surface area contributed by atoms with E-state index in [0.29, 0.717) is 36.7 Å². The maximum absolute atomic E-state index is 11.8. The van der Waals surface area contributed by atoms with Crippen molar-refractivity contribution in [1.29, 1.82) is 0 Å². The van der Waals surface area contributed by atoms with E-state index in [1.165, 1.54) is 0 Å². The molecule has 2 aliphatic rings. The molecule has 2 heterocycles. The van der Waals surface area contributed by atoms with Gasteiger partial charge in [0.1, 0.15) is 11.5 Å². The second kappa shape index (κ2) is 5.26. The van der Waals surface area contributed by atoms with Gasteiger partial charge in [0.15, 0.2) is 6.10 Å². The standard InChI is InChI=1S/C14H15BrO5/c1-2-18-14(17)11(16)9-7-3-5-20-13(7)10(15)8-4-6-19-12(8)9/h11,16H,2-6H2,1H3. The predicted octanol–water partition coefficient (Wildman–Crippen LogP) is 1.92. The summed E-state index contributed by atoms with van der Waals surface area (Å²) in [5.41, 5.74) is 2.29. The van der Waals surface area contributed by atoms with E-state index in [1.54, 1.807) is 6.92 Å². The predicted molar refractivity (Wildman–Crippen MR) is 74.1 cm³/mol. The van der Waals surface area contributed by atoms with E-state index in [-0.39, 0.29) is 6.61 Å². The lowest BCUT2D eigenvalue weighted by Crippen LogP contribution is -2.17. The van der Waals surface area contributed by atoms with Crippen LogP contribution in [0.4, 0.5) is 0 Å².